The molecular formula is C23H25NO4S. The summed E-state index contributed by atoms with van der Waals surface area (Å²) in [5.74, 6) is -0.501. The highest BCUT2D eigenvalue weighted by atomic mass is 32.1. The first-order chi connectivity index (χ1) is 14.0. The molecule has 0 fully saturated rings. The number of carbonyl (C=O) groups is 2. The zero-order chi connectivity index (χ0) is 20.5. The summed E-state index contributed by atoms with van der Waals surface area (Å²) in [6, 6.07) is 4.07. The second-order valence-corrected chi connectivity index (χ2v) is 8.68. The molecule has 0 saturated heterocycles. The van der Waals surface area contributed by atoms with Crippen LogP contribution in [-0.4, -0.2) is 18.5 Å². The number of ether oxygens (including phenoxy) is 1. The molecule has 0 radical (unpaired) electrons. The van der Waals surface area contributed by atoms with Gasteiger partial charge in [-0.25, -0.2) is 4.79 Å². The van der Waals surface area contributed by atoms with Crippen LogP contribution in [0.5, 0.6) is 0 Å². The first-order valence-corrected chi connectivity index (χ1v) is 10.9. The summed E-state index contributed by atoms with van der Waals surface area (Å²) >= 11 is 1.51. The lowest BCUT2D eigenvalue weighted by Gasteiger charge is -2.12. The Balaban J connectivity index is 1.61. The molecule has 2 aromatic heterocycles. The number of amides is 1. The van der Waals surface area contributed by atoms with Gasteiger partial charge in [0.05, 0.1) is 24.9 Å². The fraction of sp³-hybridized carbons (Fsp3) is 0.391. The number of benzene rings is 1. The van der Waals surface area contributed by atoms with E-state index in [1.807, 2.05) is 19.9 Å². The predicted octanol–water partition coefficient (Wildman–Crippen LogP) is 5.35. The van der Waals surface area contributed by atoms with E-state index in [4.69, 9.17) is 9.15 Å². The normalized spacial score (nSPS) is 13.3. The Morgan fingerprint density at radius 2 is 2.00 bits per heavy atom. The number of rotatable bonds is 5. The van der Waals surface area contributed by atoms with Gasteiger partial charge in [0.25, 0.3) is 0 Å². The van der Waals surface area contributed by atoms with E-state index in [0.717, 1.165) is 58.9 Å². The van der Waals surface area contributed by atoms with E-state index in [0.29, 0.717) is 17.2 Å². The molecule has 0 spiro atoms. The molecule has 0 unspecified atom stereocenters. The average molecular weight is 412 g/mol. The summed E-state index contributed by atoms with van der Waals surface area (Å²) in [4.78, 5) is 26.6. The third kappa shape index (κ3) is 3.81. The second kappa shape index (κ2) is 8.03. The van der Waals surface area contributed by atoms with Crippen molar-refractivity contribution < 1.29 is 18.7 Å². The van der Waals surface area contributed by atoms with Crippen molar-refractivity contribution in [2.45, 2.75) is 52.9 Å². The molecule has 1 aliphatic rings. The van der Waals surface area contributed by atoms with E-state index < -0.39 is 0 Å². The van der Waals surface area contributed by atoms with E-state index in [2.05, 4.69) is 11.4 Å². The Labute approximate surface area is 174 Å². The number of fused-ring (bicyclic) bond motifs is 2. The molecule has 5 nitrogen and oxygen atoms in total. The molecule has 29 heavy (non-hydrogen) atoms. The zero-order valence-corrected chi connectivity index (χ0v) is 17.8. The molecule has 0 saturated carbocycles. The molecule has 3 aromatic rings. The number of aryl methyl sites for hydroxylation is 3. The van der Waals surface area contributed by atoms with Crippen molar-refractivity contribution in [3.05, 3.63) is 51.1 Å². The number of furan rings is 1. The van der Waals surface area contributed by atoms with Crippen LogP contribution in [0.1, 0.15) is 57.3 Å². The number of nitrogens with one attached hydrogen (secondary N) is 1. The van der Waals surface area contributed by atoms with Gasteiger partial charge in [0, 0.05) is 15.8 Å². The highest BCUT2D eigenvalue weighted by Crippen LogP contribution is 2.38. The van der Waals surface area contributed by atoms with Crippen molar-refractivity contribution in [2.24, 2.45) is 0 Å². The molecule has 4 rings (SSSR count). The summed E-state index contributed by atoms with van der Waals surface area (Å²) in [6.07, 6.45) is 5.84. The molecule has 0 aliphatic heterocycles. The van der Waals surface area contributed by atoms with Crippen molar-refractivity contribution in [3.8, 4) is 0 Å². The van der Waals surface area contributed by atoms with Crippen LogP contribution in [0.25, 0.3) is 11.0 Å². The molecule has 1 aromatic carbocycles. The third-order valence-electron chi connectivity index (χ3n) is 5.35. The zero-order valence-electron chi connectivity index (χ0n) is 17.0. The molecule has 0 atom stereocenters. The van der Waals surface area contributed by atoms with Crippen LogP contribution >= 0.6 is 11.3 Å². The topological polar surface area (TPSA) is 68.5 Å². The van der Waals surface area contributed by atoms with Crippen LogP contribution in [-0.2, 0) is 28.8 Å². The largest absolute Gasteiger partial charge is 0.464 e. The third-order valence-corrected chi connectivity index (χ3v) is 6.55. The quantitative estimate of drug-likeness (QED) is 0.575. The summed E-state index contributed by atoms with van der Waals surface area (Å²) in [5.41, 5.74) is 5.47. The minimum atomic E-state index is -0.345. The van der Waals surface area contributed by atoms with Gasteiger partial charge in [-0.05, 0) is 69.2 Å². The minimum absolute atomic E-state index is 0.156. The molecular weight excluding hydrogens is 386 g/mol. The Hall–Kier alpha value is -2.60. The average Bonchev–Trinajstić information content (AvgIpc) is 3.22. The monoisotopic (exact) mass is 411 g/mol. The summed E-state index contributed by atoms with van der Waals surface area (Å²) in [6.45, 7) is 6.16. The number of anilines is 1. The molecule has 6 heteroatoms. The second-order valence-electron chi connectivity index (χ2n) is 7.58. The van der Waals surface area contributed by atoms with Crippen LogP contribution in [0.4, 0.5) is 5.00 Å². The Kier molecular flexibility index (Phi) is 5.46. The molecule has 1 N–H and O–H groups in total. The molecule has 0 bridgehead atoms. The van der Waals surface area contributed by atoms with E-state index in [9.17, 15) is 9.59 Å². The van der Waals surface area contributed by atoms with E-state index in [1.54, 1.807) is 13.2 Å². The maximum Gasteiger partial charge on any atom is 0.341 e. The lowest BCUT2D eigenvalue weighted by atomic mass is 9.95. The number of hydrogen-bond donors (Lipinski definition) is 1. The van der Waals surface area contributed by atoms with Crippen LogP contribution in [0.15, 0.2) is 22.8 Å². The maximum absolute atomic E-state index is 12.8. The first kappa shape index (κ1) is 19.7. The Morgan fingerprint density at radius 1 is 1.21 bits per heavy atom. The molecule has 2 heterocycles. The van der Waals surface area contributed by atoms with Crippen LogP contribution in [0.3, 0.4) is 0 Å². The molecule has 1 amide bonds. The van der Waals surface area contributed by atoms with Gasteiger partial charge in [0.15, 0.2) is 0 Å². The van der Waals surface area contributed by atoms with Crippen molar-refractivity contribution in [3.63, 3.8) is 0 Å². The lowest BCUT2D eigenvalue weighted by Crippen LogP contribution is -2.17. The van der Waals surface area contributed by atoms with Gasteiger partial charge in [0.2, 0.25) is 5.91 Å². The van der Waals surface area contributed by atoms with E-state index in [-0.39, 0.29) is 18.3 Å². The van der Waals surface area contributed by atoms with Gasteiger partial charge >= 0.3 is 5.97 Å². The number of hydrogen-bond acceptors (Lipinski definition) is 5. The Morgan fingerprint density at radius 3 is 2.79 bits per heavy atom. The SMILES string of the molecule is CCOC(=O)c1c(NC(=O)Cc2coc3cc(C)cc(C)c23)sc2c1CCCC2. The summed E-state index contributed by atoms with van der Waals surface area (Å²) in [7, 11) is 0. The summed E-state index contributed by atoms with van der Waals surface area (Å²) < 4.78 is 10.9. The molecule has 1 aliphatic carbocycles. The van der Waals surface area contributed by atoms with Gasteiger partial charge in [-0.2, -0.15) is 0 Å². The smallest absolute Gasteiger partial charge is 0.341 e. The Bertz CT molecular complexity index is 1090. The molecule has 152 valence electrons. The van der Waals surface area contributed by atoms with Gasteiger partial charge in [-0.1, -0.05) is 6.07 Å². The van der Waals surface area contributed by atoms with Gasteiger partial charge < -0.3 is 14.5 Å². The number of esters is 1. The van der Waals surface area contributed by atoms with Crippen molar-refractivity contribution in [1.29, 1.82) is 0 Å². The number of carbonyl (C=O) groups excluding carboxylic acids is 2. The minimum Gasteiger partial charge on any atom is -0.464 e. The van der Waals surface area contributed by atoms with Crippen LogP contribution in [0, 0.1) is 13.8 Å². The van der Waals surface area contributed by atoms with E-state index in [1.165, 1.54) is 16.2 Å². The van der Waals surface area contributed by atoms with Gasteiger partial charge in [-0.15, -0.1) is 11.3 Å². The van der Waals surface area contributed by atoms with Crippen molar-refractivity contribution in [1.82, 2.24) is 0 Å². The highest BCUT2D eigenvalue weighted by Gasteiger charge is 2.27. The maximum atomic E-state index is 12.8. The summed E-state index contributed by atoms with van der Waals surface area (Å²) in [5, 5.41) is 4.58. The predicted molar refractivity (Wildman–Crippen MR) is 115 cm³/mol. The number of thiophene rings is 1. The fourth-order valence-electron chi connectivity index (χ4n) is 4.17. The van der Waals surface area contributed by atoms with Gasteiger partial charge in [0.1, 0.15) is 10.6 Å². The van der Waals surface area contributed by atoms with Crippen LogP contribution in [0.2, 0.25) is 0 Å². The fourth-order valence-corrected chi connectivity index (χ4v) is 5.47. The van der Waals surface area contributed by atoms with Crippen LogP contribution < -0.4 is 5.32 Å². The lowest BCUT2D eigenvalue weighted by molar-refractivity contribution is -0.115. The van der Waals surface area contributed by atoms with Crippen molar-refractivity contribution in [2.75, 3.05) is 11.9 Å². The highest BCUT2D eigenvalue weighted by molar-refractivity contribution is 7.17. The standard InChI is InChI=1S/C23H25NO4S/c1-4-27-23(26)21-16-7-5-6-8-18(16)29-22(21)24-19(25)11-15-12-28-17-10-13(2)9-14(3)20(15)17/h9-10,12H,4-8,11H2,1-3H3,(H,24,25). The van der Waals surface area contributed by atoms with Crippen molar-refractivity contribution >= 4 is 39.2 Å². The van der Waals surface area contributed by atoms with E-state index >= 15 is 0 Å². The van der Waals surface area contributed by atoms with Gasteiger partial charge in [-0.3, -0.25) is 4.79 Å². The first-order valence-electron chi connectivity index (χ1n) is 10.1.